The smallest absolute Gasteiger partial charge is 0.0604 e. The number of benzene rings is 2. The Labute approximate surface area is 171 Å². The van der Waals surface area contributed by atoms with Crippen molar-refractivity contribution in [1.29, 1.82) is 0 Å². The lowest BCUT2D eigenvalue weighted by molar-refractivity contribution is 0.148. The minimum atomic E-state index is 0.386. The molecular weight excluding hydrogens is 340 g/mol. The van der Waals surface area contributed by atoms with E-state index in [-0.39, 0.29) is 0 Å². The largest absolute Gasteiger partial charge is 0.308 e. The number of fused-ring (bicyclic) bond motifs is 1. The van der Waals surface area contributed by atoms with Gasteiger partial charge in [-0.2, -0.15) is 0 Å². The van der Waals surface area contributed by atoms with E-state index in [0.717, 1.165) is 5.92 Å². The molecular formula is C26H36N2. The van der Waals surface area contributed by atoms with Crippen molar-refractivity contribution in [2.75, 3.05) is 13.1 Å². The maximum absolute atomic E-state index is 3.82. The molecule has 28 heavy (non-hydrogen) atoms. The molecule has 2 aromatic rings. The van der Waals surface area contributed by atoms with Crippen LogP contribution in [0.5, 0.6) is 0 Å². The highest BCUT2D eigenvalue weighted by Crippen LogP contribution is 2.39. The summed E-state index contributed by atoms with van der Waals surface area (Å²) in [6, 6.07) is 19.7. The molecule has 1 heterocycles. The zero-order valence-corrected chi connectivity index (χ0v) is 17.8. The van der Waals surface area contributed by atoms with Crippen LogP contribution in [0.15, 0.2) is 48.5 Å². The molecule has 0 saturated carbocycles. The number of hydrogen-bond acceptors (Lipinski definition) is 2. The topological polar surface area (TPSA) is 15.3 Å². The molecule has 2 aromatic carbocycles. The van der Waals surface area contributed by atoms with E-state index >= 15 is 0 Å². The predicted molar refractivity (Wildman–Crippen MR) is 119 cm³/mol. The Morgan fingerprint density at radius 1 is 0.964 bits per heavy atom. The molecule has 2 aliphatic rings. The first-order valence-electron chi connectivity index (χ1n) is 11.3. The molecule has 1 saturated heterocycles. The fourth-order valence-corrected chi connectivity index (χ4v) is 5.39. The van der Waals surface area contributed by atoms with E-state index in [1.54, 1.807) is 16.7 Å². The fourth-order valence-electron chi connectivity index (χ4n) is 5.39. The Balaban J connectivity index is 1.77. The van der Waals surface area contributed by atoms with Gasteiger partial charge in [-0.25, -0.2) is 0 Å². The minimum Gasteiger partial charge on any atom is -0.308 e. The second-order valence-corrected chi connectivity index (χ2v) is 9.24. The zero-order chi connectivity index (χ0) is 19.5. The highest BCUT2D eigenvalue weighted by molar-refractivity contribution is 5.44. The Morgan fingerprint density at radius 3 is 2.54 bits per heavy atom. The second kappa shape index (κ2) is 8.80. The van der Waals surface area contributed by atoms with Gasteiger partial charge in [0.25, 0.3) is 0 Å². The molecule has 150 valence electrons. The summed E-state index contributed by atoms with van der Waals surface area (Å²) in [4.78, 5) is 2.75. The monoisotopic (exact) mass is 376 g/mol. The summed E-state index contributed by atoms with van der Waals surface area (Å²) in [6.07, 6.45) is 6.44. The maximum Gasteiger partial charge on any atom is 0.0604 e. The van der Waals surface area contributed by atoms with Gasteiger partial charge < -0.3 is 5.32 Å². The van der Waals surface area contributed by atoms with Crippen molar-refractivity contribution in [3.8, 4) is 0 Å². The van der Waals surface area contributed by atoms with Crippen molar-refractivity contribution in [1.82, 2.24) is 10.2 Å². The molecule has 1 N–H and O–H groups in total. The molecule has 0 bridgehead atoms. The second-order valence-electron chi connectivity index (χ2n) is 9.24. The molecule has 1 fully saturated rings. The summed E-state index contributed by atoms with van der Waals surface area (Å²) < 4.78 is 0. The number of nitrogens with zero attached hydrogens (tertiary/aromatic N) is 1. The Hall–Kier alpha value is -1.64. The quantitative estimate of drug-likeness (QED) is 0.700. The first kappa shape index (κ1) is 19.7. The van der Waals surface area contributed by atoms with Crippen LogP contribution in [-0.4, -0.2) is 24.0 Å². The van der Waals surface area contributed by atoms with E-state index in [1.165, 1.54) is 50.8 Å². The van der Waals surface area contributed by atoms with Crippen LogP contribution in [0, 0.1) is 5.92 Å². The van der Waals surface area contributed by atoms with Crippen LogP contribution in [0.1, 0.15) is 80.8 Å². The lowest BCUT2D eigenvalue weighted by Crippen LogP contribution is -2.39. The number of rotatable bonds is 5. The summed E-state index contributed by atoms with van der Waals surface area (Å²) in [5.41, 5.74) is 6.15. The van der Waals surface area contributed by atoms with Crippen LogP contribution < -0.4 is 5.32 Å². The summed E-state index contributed by atoms with van der Waals surface area (Å²) in [6.45, 7) is 9.36. The van der Waals surface area contributed by atoms with Gasteiger partial charge in [0.15, 0.2) is 0 Å². The van der Waals surface area contributed by atoms with E-state index in [1.807, 2.05) is 0 Å². The molecule has 2 nitrogen and oxygen atoms in total. The van der Waals surface area contributed by atoms with Gasteiger partial charge in [0.2, 0.25) is 0 Å². The van der Waals surface area contributed by atoms with Gasteiger partial charge in [0.1, 0.15) is 0 Å². The van der Waals surface area contributed by atoms with E-state index < -0.39 is 0 Å². The molecule has 1 aliphatic heterocycles. The minimum absolute atomic E-state index is 0.386. The van der Waals surface area contributed by atoms with Crippen molar-refractivity contribution in [3.63, 3.8) is 0 Å². The average molecular weight is 377 g/mol. The molecule has 4 rings (SSSR count). The summed E-state index contributed by atoms with van der Waals surface area (Å²) in [5.74, 6) is 0.787. The van der Waals surface area contributed by atoms with Crippen LogP contribution >= 0.6 is 0 Å². The Bertz CT molecular complexity index is 767. The van der Waals surface area contributed by atoms with Crippen LogP contribution in [0.2, 0.25) is 0 Å². The van der Waals surface area contributed by atoms with Crippen LogP contribution in [-0.2, 0) is 6.42 Å². The van der Waals surface area contributed by atoms with Gasteiger partial charge >= 0.3 is 0 Å². The summed E-state index contributed by atoms with van der Waals surface area (Å²) in [5, 5.41) is 3.82. The Morgan fingerprint density at radius 2 is 1.79 bits per heavy atom. The van der Waals surface area contributed by atoms with Crippen LogP contribution in [0.3, 0.4) is 0 Å². The third-order valence-corrected chi connectivity index (χ3v) is 6.54. The number of piperidine rings is 1. The highest BCUT2D eigenvalue weighted by atomic mass is 15.2. The van der Waals surface area contributed by atoms with E-state index in [2.05, 4.69) is 79.5 Å². The predicted octanol–water partition coefficient (Wildman–Crippen LogP) is 5.88. The maximum atomic E-state index is 3.82. The van der Waals surface area contributed by atoms with Crippen molar-refractivity contribution in [2.45, 2.75) is 71.0 Å². The molecule has 1 unspecified atom stereocenters. The molecule has 3 atom stereocenters. The lowest BCUT2D eigenvalue weighted by Gasteiger charge is -2.40. The standard InChI is InChI=1S/C26H36N2/c1-19(2)27-25-16-8-13-22-23(25)14-7-15-24(22)26(21-11-5-4-6-12-21)28-17-9-10-20(3)18-28/h4-7,11-12,14-15,19-20,25-27H,8-10,13,16-18H2,1-3H3/t20-,25-,26?/m1/s1. The molecule has 1 aliphatic carbocycles. The van der Waals surface area contributed by atoms with E-state index in [9.17, 15) is 0 Å². The van der Waals surface area contributed by atoms with Gasteiger partial charge in [-0.3, -0.25) is 4.90 Å². The van der Waals surface area contributed by atoms with E-state index in [4.69, 9.17) is 0 Å². The summed E-state index contributed by atoms with van der Waals surface area (Å²) in [7, 11) is 0. The van der Waals surface area contributed by atoms with E-state index in [0.29, 0.717) is 18.1 Å². The molecule has 2 heteroatoms. The zero-order valence-electron chi connectivity index (χ0n) is 17.8. The van der Waals surface area contributed by atoms with Crippen molar-refractivity contribution >= 4 is 0 Å². The molecule has 0 aromatic heterocycles. The first-order chi connectivity index (χ1) is 13.6. The number of nitrogens with one attached hydrogen (secondary N) is 1. The normalized spacial score (nSPS) is 24.1. The number of hydrogen-bond donors (Lipinski definition) is 1. The van der Waals surface area contributed by atoms with Crippen LogP contribution in [0.25, 0.3) is 0 Å². The van der Waals surface area contributed by atoms with Gasteiger partial charge in [0.05, 0.1) is 6.04 Å². The summed E-state index contributed by atoms with van der Waals surface area (Å²) >= 11 is 0. The van der Waals surface area contributed by atoms with Crippen molar-refractivity contribution in [2.24, 2.45) is 5.92 Å². The van der Waals surface area contributed by atoms with Crippen molar-refractivity contribution < 1.29 is 0 Å². The SMILES string of the molecule is CC(C)N[C@@H]1CCCc2c(C(c3ccccc3)N3CCC[C@@H](C)C3)cccc21. The fraction of sp³-hybridized carbons (Fsp3) is 0.538. The Kier molecular flexibility index (Phi) is 6.18. The molecule has 0 radical (unpaired) electrons. The molecule has 0 spiro atoms. The van der Waals surface area contributed by atoms with Gasteiger partial charge in [-0.15, -0.1) is 0 Å². The van der Waals surface area contributed by atoms with Crippen molar-refractivity contribution in [3.05, 3.63) is 70.8 Å². The average Bonchev–Trinajstić information content (AvgIpc) is 2.69. The lowest BCUT2D eigenvalue weighted by atomic mass is 9.80. The van der Waals surface area contributed by atoms with Gasteiger partial charge in [-0.05, 0) is 66.8 Å². The number of likely N-dealkylation sites (tertiary alicyclic amines) is 1. The van der Waals surface area contributed by atoms with Crippen LogP contribution in [0.4, 0.5) is 0 Å². The third kappa shape index (κ3) is 4.18. The van der Waals surface area contributed by atoms with Gasteiger partial charge in [0, 0.05) is 18.6 Å². The first-order valence-corrected chi connectivity index (χ1v) is 11.3. The van der Waals surface area contributed by atoms with Gasteiger partial charge in [-0.1, -0.05) is 69.3 Å². The third-order valence-electron chi connectivity index (χ3n) is 6.54. The molecule has 0 amide bonds. The highest BCUT2D eigenvalue weighted by Gasteiger charge is 2.31.